The van der Waals surface area contributed by atoms with Crippen LogP contribution in [0.15, 0.2) is 36.4 Å². The predicted molar refractivity (Wildman–Crippen MR) is 90.5 cm³/mol. The Labute approximate surface area is 136 Å². The third kappa shape index (κ3) is 3.16. The van der Waals surface area contributed by atoms with Crippen LogP contribution >= 0.6 is 0 Å². The molecule has 1 heterocycles. The fourth-order valence-electron chi connectivity index (χ4n) is 3.04. The zero-order valence-corrected chi connectivity index (χ0v) is 13.8. The fourth-order valence-corrected chi connectivity index (χ4v) is 3.04. The third-order valence-electron chi connectivity index (χ3n) is 4.04. The molecule has 4 heteroatoms. The van der Waals surface area contributed by atoms with Gasteiger partial charge in [-0.3, -0.25) is 4.79 Å². The van der Waals surface area contributed by atoms with Gasteiger partial charge in [0.05, 0.1) is 25.8 Å². The lowest BCUT2D eigenvalue weighted by Gasteiger charge is -2.31. The molecule has 0 fully saturated rings. The molecule has 2 aromatic carbocycles. The summed E-state index contributed by atoms with van der Waals surface area (Å²) in [5.41, 5.74) is 4.06. The van der Waals surface area contributed by atoms with Gasteiger partial charge in [-0.15, -0.1) is 0 Å². The third-order valence-corrected chi connectivity index (χ3v) is 4.04. The summed E-state index contributed by atoms with van der Waals surface area (Å²) in [6.45, 7) is 5.17. The second-order valence-electron chi connectivity index (χ2n) is 5.85. The predicted octanol–water partition coefficient (Wildman–Crippen LogP) is 3.28. The highest BCUT2D eigenvalue weighted by Gasteiger charge is 2.25. The molecule has 0 spiro atoms. The largest absolute Gasteiger partial charge is 0.497 e. The first-order valence-corrected chi connectivity index (χ1v) is 7.76. The highest BCUT2D eigenvalue weighted by molar-refractivity contribution is 5.97. The van der Waals surface area contributed by atoms with Gasteiger partial charge in [-0.25, -0.2) is 0 Å². The molecule has 0 bridgehead atoms. The number of hydrogen-bond acceptors (Lipinski definition) is 3. The first-order chi connectivity index (χ1) is 11.1. The summed E-state index contributed by atoms with van der Waals surface area (Å²) in [6, 6.07) is 11.7. The topological polar surface area (TPSA) is 38.8 Å². The lowest BCUT2D eigenvalue weighted by molar-refractivity contribution is -0.118. The number of methoxy groups -OCH3 is 1. The molecule has 0 unspecified atom stereocenters. The van der Waals surface area contributed by atoms with E-state index < -0.39 is 0 Å². The zero-order valence-electron chi connectivity index (χ0n) is 13.8. The van der Waals surface area contributed by atoms with E-state index in [9.17, 15) is 4.79 Å². The molecule has 0 N–H and O–H groups in total. The van der Waals surface area contributed by atoms with Gasteiger partial charge in [0.15, 0.2) is 0 Å². The molecule has 1 aliphatic rings. The highest BCUT2D eigenvalue weighted by atomic mass is 16.5. The van der Waals surface area contributed by atoms with Crippen LogP contribution in [0, 0.1) is 13.8 Å². The maximum atomic E-state index is 12.8. The second-order valence-corrected chi connectivity index (χ2v) is 5.85. The van der Waals surface area contributed by atoms with E-state index in [4.69, 9.17) is 9.47 Å². The van der Waals surface area contributed by atoms with E-state index in [1.165, 1.54) is 0 Å². The summed E-state index contributed by atoms with van der Waals surface area (Å²) in [5, 5.41) is 0. The maximum Gasteiger partial charge on any atom is 0.231 e. The number of aryl methyl sites for hydroxylation is 2. The number of benzene rings is 2. The Hall–Kier alpha value is -2.49. The summed E-state index contributed by atoms with van der Waals surface area (Å²) >= 11 is 0. The van der Waals surface area contributed by atoms with Crippen LogP contribution in [-0.4, -0.2) is 26.2 Å². The molecule has 4 nitrogen and oxygen atoms in total. The van der Waals surface area contributed by atoms with Gasteiger partial charge in [0, 0.05) is 0 Å². The molecule has 0 radical (unpaired) electrons. The molecule has 1 amide bonds. The minimum Gasteiger partial charge on any atom is -0.497 e. The number of carbonyl (C=O) groups excluding carboxylic acids is 1. The van der Waals surface area contributed by atoms with Crippen LogP contribution in [0.1, 0.15) is 16.7 Å². The van der Waals surface area contributed by atoms with Crippen LogP contribution in [0.4, 0.5) is 5.69 Å². The molecule has 2 aromatic rings. The van der Waals surface area contributed by atoms with Crippen LogP contribution < -0.4 is 14.4 Å². The van der Waals surface area contributed by atoms with Gasteiger partial charge < -0.3 is 14.4 Å². The Balaban J connectivity index is 1.87. The van der Waals surface area contributed by atoms with Crippen LogP contribution in [0.3, 0.4) is 0 Å². The Bertz CT molecular complexity index is 739. The number of carbonyl (C=O) groups is 1. The molecule has 3 rings (SSSR count). The van der Waals surface area contributed by atoms with Crippen LogP contribution in [0.2, 0.25) is 0 Å². The van der Waals surface area contributed by atoms with Crippen molar-refractivity contribution in [1.82, 2.24) is 0 Å². The Morgan fingerprint density at radius 2 is 2.09 bits per heavy atom. The van der Waals surface area contributed by atoms with Crippen molar-refractivity contribution < 1.29 is 14.3 Å². The van der Waals surface area contributed by atoms with Gasteiger partial charge in [0.1, 0.15) is 18.1 Å². The number of ether oxygens (including phenoxy) is 2. The number of hydrogen-bond donors (Lipinski definition) is 0. The van der Waals surface area contributed by atoms with Gasteiger partial charge in [-0.1, -0.05) is 18.2 Å². The Morgan fingerprint density at radius 3 is 2.87 bits per heavy atom. The van der Waals surface area contributed by atoms with Crippen molar-refractivity contribution in [2.24, 2.45) is 0 Å². The van der Waals surface area contributed by atoms with Gasteiger partial charge >= 0.3 is 0 Å². The van der Waals surface area contributed by atoms with E-state index in [1.807, 2.05) is 49.1 Å². The number of fused-ring (bicyclic) bond motifs is 1. The number of nitrogens with zero attached hydrogens (tertiary/aromatic N) is 1. The van der Waals surface area contributed by atoms with Crippen LogP contribution in [0.25, 0.3) is 0 Å². The second kappa shape index (κ2) is 6.32. The Morgan fingerprint density at radius 1 is 1.26 bits per heavy atom. The van der Waals surface area contributed by atoms with E-state index in [0.717, 1.165) is 33.9 Å². The van der Waals surface area contributed by atoms with E-state index >= 15 is 0 Å². The van der Waals surface area contributed by atoms with Gasteiger partial charge in [0.25, 0.3) is 0 Å². The first-order valence-electron chi connectivity index (χ1n) is 7.76. The standard InChI is InChI=1S/C19H21NO3/c1-13-9-14(2)19-17(10-13)23-8-7-20(19)18(21)12-15-5-4-6-16(11-15)22-3/h4-6,9-11H,7-8,12H2,1-3H3. The molecule has 0 aliphatic carbocycles. The minimum absolute atomic E-state index is 0.0785. The fraction of sp³-hybridized carbons (Fsp3) is 0.316. The Kier molecular flexibility index (Phi) is 4.24. The van der Waals surface area contributed by atoms with Gasteiger partial charge in [0.2, 0.25) is 5.91 Å². The van der Waals surface area contributed by atoms with E-state index in [2.05, 4.69) is 6.07 Å². The van der Waals surface area contributed by atoms with Crippen molar-refractivity contribution in [2.75, 3.05) is 25.2 Å². The maximum absolute atomic E-state index is 12.8. The molecule has 120 valence electrons. The number of amides is 1. The first kappa shape index (κ1) is 15.4. The quantitative estimate of drug-likeness (QED) is 0.873. The monoisotopic (exact) mass is 311 g/mol. The smallest absolute Gasteiger partial charge is 0.231 e. The lowest BCUT2D eigenvalue weighted by atomic mass is 10.1. The molecule has 0 saturated carbocycles. The lowest BCUT2D eigenvalue weighted by Crippen LogP contribution is -2.39. The molecular weight excluding hydrogens is 290 g/mol. The molecular formula is C19H21NO3. The van der Waals surface area contributed by atoms with E-state index in [-0.39, 0.29) is 5.91 Å². The van der Waals surface area contributed by atoms with E-state index in [0.29, 0.717) is 19.6 Å². The zero-order chi connectivity index (χ0) is 16.4. The van der Waals surface area contributed by atoms with Crippen molar-refractivity contribution in [2.45, 2.75) is 20.3 Å². The molecule has 0 atom stereocenters. The van der Waals surface area contributed by atoms with Gasteiger partial charge in [-0.2, -0.15) is 0 Å². The summed E-state index contributed by atoms with van der Waals surface area (Å²) in [7, 11) is 1.63. The number of rotatable bonds is 3. The van der Waals surface area contributed by atoms with Crippen molar-refractivity contribution in [1.29, 1.82) is 0 Å². The minimum atomic E-state index is 0.0785. The normalized spacial score (nSPS) is 13.3. The molecule has 0 aromatic heterocycles. The van der Waals surface area contributed by atoms with Crippen LogP contribution in [0.5, 0.6) is 11.5 Å². The summed E-state index contributed by atoms with van der Waals surface area (Å²) in [4.78, 5) is 14.6. The molecule has 1 aliphatic heterocycles. The van der Waals surface area contributed by atoms with Crippen molar-refractivity contribution >= 4 is 11.6 Å². The summed E-state index contributed by atoms with van der Waals surface area (Å²) in [6.07, 6.45) is 0.351. The van der Waals surface area contributed by atoms with Crippen molar-refractivity contribution in [3.05, 3.63) is 53.1 Å². The van der Waals surface area contributed by atoms with Crippen LogP contribution in [-0.2, 0) is 11.2 Å². The average molecular weight is 311 g/mol. The summed E-state index contributed by atoms with van der Waals surface area (Å²) in [5.74, 6) is 1.65. The highest BCUT2D eigenvalue weighted by Crippen LogP contribution is 2.36. The molecule has 0 saturated heterocycles. The summed E-state index contributed by atoms with van der Waals surface area (Å²) < 4.78 is 11.0. The van der Waals surface area contributed by atoms with Crippen molar-refractivity contribution in [3.63, 3.8) is 0 Å². The van der Waals surface area contributed by atoms with Crippen molar-refractivity contribution in [3.8, 4) is 11.5 Å². The number of anilines is 1. The van der Waals surface area contributed by atoms with Gasteiger partial charge in [-0.05, 0) is 48.7 Å². The average Bonchev–Trinajstić information content (AvgIpc) is 2.54. The SMILES string of the molecule is COc1cccc(CC(=O)N2CCOc3cc(C)cc(C)c32)c1. The van der Waals surface area contributed by atoms with E-state index in [1.54, 1.807) is 7.11 Å². The molecule has 23 heavy (non-hydrogen) atoms.